The van der Waals surface area contributed by atoms with Crippen LogP contribution < -0.4 is 5.32 Å². The summed E-state index contributed by atoms with van der Waals surface area (Å²) in [6.07, 6.45) is 3.70. The number of nitrogens with one attached hydrogen (secondary N) is 1. The van der Waals surface area contributed by atoms with Crippen LogP contribution in [0.3, 0.4) is 0 Å². The normalized spacial score (nSPS) is 13.6. The van der Waals surface area contributed by atoms with Crippen LogP contribution in [0, 0.1) is 0 Å². The van der Waals surface area contributed by atoms with Crippen LogP contribution in [0.4, 0.5) is 0 Å². The SMILES string of the molecule is C=Cc1ccc2c(c1C=CC(=O)O)C(=O)NC2=O. The fraction of sp³-hybridized carbons (Fsp3) is 0. The van der Waals surface area contributed by atoms with Gasteiger partial charge in [0.15, 0.2) is 0 Å². The molecular weight excluding hydrogens is 234 g/mol. The molecule has 1 aromatic rings. The molecule has 2 N–H and O–H groups in total. The van der Waals surface area contributed by atoms with Gasteiger partial charge in [-0.05, 0) is 23.3 Å². The van der Waals surface area contributed by atoms with Crippen LogP contribution >= 0.6 is 0 Å². The lowest BCUT2D eigenvalue weighted by Crippen LogP contribution is -2.20. The Balaban J connectivity index is 2.69. The van der Waals surface area contributed by atoms with E-state index in [0.717, 1.165) is 6.08 Å². The van der Waals surface area contributed by atoms with Crippen LogP contribution in [0.2, 0.25) is 0 Å². The smallest absolute Gasteiger partial charge is 0.328 e. The number of carboxylic acid groups (broad SMARTS) is 1. The van der Waals surface area contributed by atoms with Gasteiger partial charge in [0.05, 0.1) is 11.1 Å². The maximum Gasteiger partial charge on any atom is 0.328 e. The highest BCUT2D eigenvalue weighted by Gasteiger charge is 2.29. The predicted molar refractivity (Wildman–Crippen MR) is 65.0 cm³/mol. The van der Waals surface area contributed by atoms with Gasteiger partial charge < -0.3 is 5.11 Å². The van der Waals surface area contributed by atoms with Gasteiger partial charge in [0.1, 0.15) is 0 Å². The molecule has 1 heterocycles. The molecule has 0 saturated carbocycles. The Morgan fingerprint density at radius 3 is 2.61 bits per heavy atom. The molecule has 0 atom stereocenters. The monoisotopic (exact) mass is 243 g/mol. The van der Waals surface area contributed by atoms with Crippen molar-refractivity contribution < 1.29 is 19.5 Å². The summed E-state index contributed by atoms with van der Waals surface area (Å²) in [5.74, 6) is -2.13. The van der Waals surface area contributed by atoms with E-state index in [9.17, 15) is 14.4 Å². The van der Waals surface area contributed by atoms with E-state index in [4.69, 9.17) is 5.11 Å². The first-order chi connectivity index (χ1) is 8.54. The summed E-state index contributed by atoms with van der Waals surface area (Å²) in [6.45, 7) is 3.59. The van der Waals surface area contributed by atoms with Crippen LogP contribution in [-0.2, 0) is 4.79 Å². The molecule has 5 nitrogen and oxygen atoms in total. The van der Waals surface area contributed by atoms with E-state index in [1.807, 2.05) is 0 Å². The highest BCUT2D eigenvalue weighted by Crippen LogP contribution is 2.25. The molecule has 2 amide bonds. The van der Waals surface area contributed by atoms with Gasteiger partial charge in [0.2, 0.25) is 0 Å². The maximum absolute atomic E-state index is 11.7. The van der Waals surface area contributed by atoms with Gasteiger partial charge >= 0.3 is 5.97 Å². The van der Waals surface area contributed by atoms with Crippen LogP contribution in [-0.4, -0.2) is 22.9 Å². The second-order valence-electron chi connectivity index (χ2n) is 3.65. The van der Waals surface area contributed by atoms with Crippen molar-refractivity contribution in [1.82, 2.24) is 5.32 Å². The molecule has 0 bridgehead atoms. The number of hydrogen-bond donors (Lipinski definition) is 2. The quantitative estimate of drug-likeness (QED) is 0.619. The number of hydrogen-bond acceptors (Lipinski definition) is 3. The van der Waals surface area contributed by atoms with Gasteiger partial charge in [-0.3, -0.25) is 14.9 Å². The minimum atomic E-state index is -1.13. The first kappa shape index (κ1) is 11.8. The van der Waals surface area contributed by atoms with Crippen LogP contribution in [0.15, 0.2) is 24.8 Å². The zero-order valence-electron chi connectivity index (χ0n) is 9.27. The van der Waals surface area contributed by atoms with E-state index in [0.29, 0.717) is 11.1 Å². The van der Waals surface area contributed by atoms with Crippen LogP contribution in [0.25, 0.3) is 12.2 Å². The average Bonchev–Trinajstić information content (AvgIpc) is 2.62. The molecule has 1 aliphatic heterocycles. The van der Waals surface area contributed by atoms with Gasteiger partial charge in [0, 0.05) is 6.08 Å². The lowest BCUT2D eigenvalue weighted by Gasteiger charge is -2.05. The van der Waals surface area contributed by atoms with Crippen molar-refractivity contribution >= 4 is 29.9 Å². The molecule has 18 heavy (non-hydrogen) atoms. The highest BCUT2D eigenvalue weighted by atomic mass is 16.4. The summed E-state index contributed by atoms with van der Waals surface area (Å²) in [4.78, 5) is 33.7. The van der Waals surface area contributed by atoms with Crippen molar-refractivity contribution in [3.8, 4) is 0 Å². The van der Waals surface area contributed by atoms with Crippen molar-refractivity contribution in [2.24, 2.45) is 0 Å². The number of amides is 2. The second-order valence-corrected chi connectivity index (χ2v) is 3.65. The number of carbonyl (C=O) groups excluding carboxylic acids is 2. The van der Waals surface area contributed by atoms with E-state index < -0.39 is 17.8 Å². The molecular formula is C13H9NO4. The van der Waals surface area contributed by atoms with E-state index in [1.165, 1.54) is 18.2 Å². The molecule has 0 saturated heterocycles. The van der Waals surface area contributed by atoms with Crippen LogP contribution in [0.1, 0.15) is 31.8 Å². The maximum atomic E-state index is 11.7. The Labute approximate surface area is 102 Å². The fourth-order valence-corrected chi connectivity index (χ4v) is 1.81. The van der Waals surface area contributed by atoms with E-state index in [1.54, 1.807) is 6.07 Å². The number of aliphatic carboxylic acids is 1. The Morgan fingerprint density at radius 1 is 1.28 bits per heavy atom. The third-order valence-electron chi connectivity index (χ3n) is 2.59. The largest absolute Gasteiger partial charge is 0.478 e. The third-order valence-corrected chi connectivity index (χ3v) is 2.59. The fourth-order valence-electron chi connectivity index (χ4n) is 1.81. The number of imide groups is 1. The first-order valence-electron chi connectivity index (χ1n) is 5.10. The average molecular weight is 243 g/mol. The van der Waals surface area contributed by atoms with Gasteiger partial charge in [-0.15, -0.1) is 0 Å². The number of benzene rings is 1. The molecule has 1 aliphatic rings. The summed E-state index contributed by atoms with van der Waals surface area (Å²) in [5, 5.41) is 10.8. The molecule has 0 radical (unpaired) electrons. The molecule has 0 aromatic heterocycles. The predicted octanol–water partition coefficient (Wildman–Crippen LogP) is 1.31. The standard InChI is InChI=1S/C13H9NO4/c1-2-7-3-4-9-11(13(18)14-12(9)17)8(7)5-6-10(15)16/h2-6H,1H2,(H,15,16)(H,14,17,18). The van der Waals surface area contributed by atoms with Crippen molar-refractivity contribution in [3.05, 3.63) is 47.0 Å². The molecule has 0 spiro atoms. The Morgan fingerprint density at radius 2 is 2.00 bits per heavy atom. The van der Waals surface area contributed by atoms with Crippen molar-refractivity contribution in [2.75, 3.05) is 0 Å². The molecule has 1 aromatic carbocycles. The number of carbonyl (C=O) groups is 3. The zero-order valence-corrected chi connectivity index (χ0v) is 9.27. The van der Waals surface area contributed by atoms with Crippen molar-refractivity contribution in [1.29, 1.82) is 0 Å². The molecule has 90 valence electrons. The minimum Gasteiger partial charge on any atom is -0.478 e. The zero-order chi connectivity index (χ0) is 13.3. The molecule has 0 aliphatic carbocycles. The summed E-state index contributed by atoms with van der Waals surface area (Å²) in [5.41, 5.74) is 1.41. The second kappa shape index (κ2) is 4.29. The van der Waals surface area contributed by atoms with E-state index in [-0.39, 0.29) is 11.1 Å². The van der Waals surface area contributed by atoms with E-state index in [2.05, 4.69) is 11.9 Å². The van der Waals surface area contributed by atoms with Gasteiger partial charge in [0.25, 0.3) is 11.8 Å². The van der Waals surface area contributed by atoms with E-state index >= 15 is 0 Å². The molecule has 0 fully saturated rings. The lowest BCUT2D eigenvalue weighted by atomic mass is 9.96. The third kappa shape index (κ3) is 1.82. The molecule has 5 heteroatoms. The topological polar surface area (TPSA) is 83.5 Å². The Hall–Kier alpha value is -2.69. The Kier molecular flexibility index (Phi) is 2.81. The number of rotatable bonds is 3. The summed E-state index contributed by atoms with van der Waals surface area (Å²) < 4.78 is 0. The minimum absolute atomic E-state index is 0.190. The van der Waals surface area contributed by atoms with Gasteiger partial charge in [-0.1, -0.05) is 18.7 Å². The highest BCUT2D eigenvalue weighted by molar-refractivity contribution is 6.23. The van der Waals surface area contributed by atoms with Gasteiger partial charge in [-0.2, -0.15) is 0 Å². The first-order valence-corrected chi connectivity index (χ1v) is 5.10. The van der Waals surface area contributed by atoms with Gasteiger partial charge in [-0.25, -0.2) is 4.79 Å². The summed E-state index contributed by atoms with van der Waals surface area (Å²) in [7, 11) is 0. The van der Waals surface area contributed by atoms with Crippen LogP contribution in [0.5, 0.6) is 0 Å². The summed E-state index contributed by atoms with van der Waals surface area (Å²) >= 11 is 0. The number of fused-ring (bicyclic) bond motifs is 1. The molecule has 0 unspecified atom stereocenters. The van der Waals surface area contributed by atoms with Crippen molar-refractivity contribution in [2.45, 2.75) is 0 Å². The Bertz CT molecular complexity index is 614. The molecule has 2 rings (SSSR count). The van der Waals surface area contributed by atoms with Crippen molar-refractivity contribution in [3.63, 3.8) is 0 Å². The lowest BCUT2D eigenvalue weighted by molar-refractivity contribution is -0.131. The summed E-state index contributed by atoms with van der Waals surface area (Å²) in [6, 6.07) is 3.14. The number of carboxylic acids is 1.